The van der Waals surface area contributed by atoms with Crippen LogP contribution in [0.1, 0.15) is 38.5 Å². The lowest BCUT2D eigenvalue weighted by Crippen LogP contribution is -2.38. The third-order valence-corrected chi connectivity index (χ3v) is 6.10. The number of anilines is 2. The Labute approximate surface area is 183 Å². The van der Waals surface area contributed by atoms with E-state index in [9.17, 15) is 5.26 Å². The summed E-state index contributed by atoms with van der Waals surface area (Å²) in [5, 5.41) is 27.8. The van der Waals surface area contributed by atoms with Gasteiger partial charge >= 0.3 is 0 Å². The SMILES string of the molecule is COCCNC1CCC(Nc2nccc(-c3cnnc(NCC4(C#N)CC4)c3)n2)CC1. The average molecular weight is 423 g/mol. The van der Waals surface area contributed by atoms with E-state index in [1.165, 1.54) is 0 Å². The van der Waals surface area contributed by atoms with Gasteiger partial charge in [0.05, 0.1) is 30.0 Å². The van der Waals surface area contributed by atoms with Crippen molar-refractivity contribution in [3.63, 3.8) is 0 Å². The topological polar surface area (TPSA) is 121 Å². The highest BCUT2D eigenvalue weighted by Gasteiger charge is 2.42. The molecule has 164 valence electrons. The number of hydrogen-bond acceptors (Lipinski definition) is 9. The Morgan fingerprint density at radius 2 is 2.03 bits per heavy atom. The van der Waals surface area contributed by atoms with E-state index in [4.69, 9.17) is 9.72 Å². The monoisotopic (exact) mass is 422 g/mol. The quantitative estimate of drug-likeness (QED) is 0.496. The number of rotatable bonds is 10. The van der Waals surface area contributed by atoms with Crippen LogP contribution in [0.3, 0.4) is 0 Å². The molecule has 9 heteroatoms. The molecule has 0 spiro atoms. The molecule has 0 saturated heterocycles. The van der Waals surface area contributed by atoms with Gasteiger partial charge in [-0.1, -0.05) is 0 Å². The lowest BCUT2D eigenvalue weighted by atomic mass is 9.91. The Kier molecular flexibility index (Phi) is 6.89. The fourth-order valence-corrected chi connectivity index (χ4v) is 3.91. The van der Waals surface area contributed by atoms with E-state index in [0.29, 0.717) is 30.4 Å². The summed E-state index contributed by atoms with van der Waals surface area (Å²) in [6, 6.07) is 7.12. The second kappa shape index (κ2) is 9.98. The van der Waals surface area contributed by atoms with E-state index < -0.39 is 0 Å². The van der Waals surface area contributed by atoms with E-state index in [2.05, 4.69) is 37.2 Å². The lowest BCUT2D eigenvalue weighted by Gasteiger charge is -2.29. The molecule has 0 atom stereocenters. The third kappa shape index (κ3) is 5.87. The highest BCUT2D eigenvalue weighted by atomic mass is 16.5. The standard InChI is InChI=1S/C22H30N8O/c1-31-11-10-24-17-2-4-18(5-3-17)28-21-25-9-6-19(29-21)16-12-20(30-27-13-16)26-15-22(14-23)7-8-22/h6,9,12-13,17-18,24H,2-5,7-8,10-11,15H2,1H3,(H,26,30)(H,25,28,29). The van der Waals surface area contributed by atoms with Gasteiger partial charge in [0.2, 0.25) is 5.95 Å². The first-order valence-electron chi connectivity index (χ1n) is 11.0. The fourth-order valence-electron chi connectivity index (χ4n) is 3.91. The summed E-state index contributed by atoms with van der Waals surface area (Å²) < 4.78 is 5.11. The Morgan fingerprint density at radius 3 is 2.77 bits per heavy atom. The first kappa shape index (κ1) is 21.4. The molecule has 2 saturated carbocycles. The summed E-state index contributed by atoms with van der Waals surface area (Å²) in [5.74, 6) is 1.30. The normalized spacial score (nSPS) is 21.8. The van der Waals surface area contributed by atoms with Crippen molar-refractivity contribution in [2.24, 2.45) is 5.41 Å². The van der Waals surface area contributed by atoms with Gasteiger partial charge in [0.25, 0.3) is 0 Å². The summed E-state index contributed by atoms with van der Waals surface area (Å²) in [6.45, 7) is 2.25. The third-order valence-electron chi connectivity index (χ3n) is 6.10. The van der Waals surface area contributed by atoms with Crippen molar-refractivity contribution in [3.05, 3.63) is 24.5 Å². The molecule has 0 amide bonds. The maximum Gasteiger partial charge on any atom is 0.223 e. The molecular formula is C22H30N8O. The zero-order valence-corrected chi connectivity index (χ0v) is 18.0. The van der Waals surface area contributed by atoms with Gasteiger partial charge in [-0.15, -0.1) is 5.10 Å². The van der Waals surface area contributed by atoms with Gasteiger partial charge in [-0.2, -0.15) is 10.4 Å². The van der Waals surface area contributed by atoms with Crippen LogP contribution in [0.5, 0.6) is 0 Å². The maximum atomic E-state index is 9.24. The van der Waals surface area contributed by atoms with Gasteiger partial charge in [-0.05, 0) is 50.7 Å². The van der Waals surface area contributed by atoms with Crippen LogP contribution in [0.25, 0.3) is 11.3 Å². The van der Waals surface area contributed by atoms with Gasteiger partial charge < -0.3 is 20.7 Å². The number of ether oxygens (including phenoxy) is 1. The minimum Gasteiger partial charge on any atom is -0.383 e. The van der Waals surface area contributed by atoms with Gasteiger partial charge in [-0.3, -0.25) is 0 Å². The average Bonchev–Trinajstić information content (AvgIpc) is 3.60. The van der Waals surface area contributed by atoms with Crippen molar-refractivity contribution in [2.75, 3.05) is 37.4 Å². The Hall–Kier alpha value is -2.83. The van der Waals surface area contributed by atoms with Crippen molar-refractivity contribution in [3.8, 4) is 17.3 Å². The van der Waals surface area contributed by atoms with Crippen LogP contribution in [0.15, 0.2) is 24.5 Å². The van der Waals surface area contributed by atoms with E-state index >= 15 is 0 Å². The van der Waals surface area contributed by atoms with Crippen LogP contribution in [-0.2, 0) is 4.74 Å². The lowest BCUT2D eigenvalue weighted by molar-refractivity contribution is 0.191. The second-order valence-electron chi connectivity index (χ2n) is 8.48. The maximum absolute atomic E-state index is 9.24. The van der Waals surface area contributed by atoms with E-state index in [0.717, 1.165) is 62.9 Å². The minimum atomic E-state index is -0.234. The Bertz CT molecular complexity index is 902. The number of aromatic nitrogens is 4. The van der Waals surface area contributed by atoms with Gasteiger partial charge in [0, 0.05) is 44.0 Å². The highest BCUT2D eigenvalue weighted by molar-refractivity contribution is 5.62. The minimum absolute atomic E-state index is 0.234. The summed E-state index contributed by atoms with van der Waals surface area (Å²) >= 11 is 0. The van der Waals surface area contributed by atoms with Crippen LogP contribution in [0.2, 0.25) is 0 Å². The molecule has 0 radical (unpaired) electrons. The smallest absolute Gasteiger partial charge is 0.223 e. The van der Waals surface area contributed by atoms with E-state index in [-0.39, 0.29) is 5.41 Å². The van der Waals surface area contributed by atoms with E-state index in [1.807, 2.05) is 12.1 Å². The second-order valence-corrected chi connectivity index (χ2v) is 8.48. The van der Waals surface area contributed by atoms with Crippen LogP contribution in [0, 0.1) is 16.7 Å². The Morgan fingerprint density at radius 1 is 1.23 bits per heavy atom. The van der Waals surface area contributed by atoms with Gasteiger partial charge in [0.1, 0.15) is 5.82 Å². The first-order valence-corrected chi connectivity index (χ1v) is 11.0. The van der Waals surface area contributed by atoms with Crippen molar-refractivity contribution >= 4 is 11.8 Å². The summed E-state index contributed by atoms with van der Waals surface area (Å²) in [5.41, 5.74) is 1.43. The van der Waals surface area contributed by atoms with E-state index in [1.54, 1.807) is 19.5 Å². The summed E-state index contributed by atoms with van der Waals surface area (Å²) in [7, 11) is 1.73. The summed E-state index contributed by atoms with van der Waals surface area (Å²) in [6.07, 6.45) is 9.79. The number of nitrogens with one attached hydrogen (secondary N) is 3. The molecule has 2 aromatic rings. The molecule has 2 aliphatic rings. The molecule has 2 heterocycles. The fraction of sp³-hybridized carbons (Fsp3) is 0.591. The van der Waals surface area contributed by atoms with Crippen LogP contribution >= 0.6 is 0 Å². The van der Waals surface area contributed by atoms with Crippen LogP contribution in [0.4, 0.5) is 11.8 Å². The largest absolute Gasteiger partial charge is 0.383 e. The number of nitrogens with zero attached hydrogens (tertiary/aromatic N) is 5. The molecule has 31 heavy (non-hydrogen) atoms. The van der Waals surface area contributed by atoms with Crippen molar-refractivity contribution in [2.45, 2.75) is 50.6 Å². The number of methoxy groups -OCH3 is 1. The molecule has 2 aliphatic carbocycles. The molecule has 9 nitrogen and oxygen atoms in total. The van der Waals surface area contributed by atoms with Crippen molar-refractivity contribution in [1.29, 1.82) is 5.26 Å². The Balaban J connectivity index is 1.32. The molecule has 2 aromatic heterocycles. The molecule has 2 fully saturated rings. The van der Waals surface area contributed by atoms with Crippen molar-refractivity contribution in [1.82, 2.24) is 25.5 Å². The van der Waals surface area contributed by atoms with Crippen LogP contribution in [-0.4, -0.2) is 59.1 Å². The molecule has 0 aliphatic heterocycles. The first-order chi connectivity index (χ1) is 15.2. The zero-order valence-electron chi connectivity index (χ0n) is 18.0. The predicted molar refractivity (Wildman–Crippen MR) is 118 cm³/mol. The van der Waals surface area contributed by atoms with Crippen molar-refractivity contribution < 1.29 is 4.74 Å². The molecule has 0 aromatic carbocycles. The predicted octanol–water partition coefficient (Wildman–Crippen LogP) is 2.61. The van der Waals surface area contributed by atoms with Gasteiger partial charge in [-0.25, -0.2) is 9.97 Å². The van der Waals surface area contributed by atoms with Crippen LogP contribution < -0.4 is 16.0 Å². The number of hydrogen-bond donors (Lipinski definition) is 3. The molecule has 0 unspecified atom stereocenters. The zero-order chi connectivity index (χ0) is 21.5. The summed E-state index contributed by atoms with van der Waals surface area (Å²) in [4.78, 5) is 9.10. The molecular weight excluding hydrogens is 392 g/mol. The molecule has 0 bridgehead atoms. The molecule has 4 rings (SSSR count). The number of nitriles is 1. The van der Waals surface area contributed by atoms with Gasteiger partial charge in [0.15, 0.2) is 0 Å². The molecule has 3 N–H and O–H groups in total. The highest BCUT2D eigenvalue weighted by Crippen LogP contribution is 2.44.